The average molecular weight is 319 g/mol. The molecule has 23 heavy (non-hydrogen) atoms. The van der Waals surface area contributed by atoms with Gasteiger partial charge in [0, 0.05) is 5.69 Å². The van der Waals surface area contributed by atoms with Crippen LogP contribution in [0.5, 0.6) is 0 Å². The van der Waals surface area contributed by atoms with Gasteiger partial charge in [-0.2, -0.15) is 0 Å². The average Bonchev–Trinajstić information content (AvgIpc) is 2.56. The van der Waals surface area contributed by atoms with Crippen molar-refractivity contribution in [3.63, 3.8) is 0 Å². The molecule has 1 fully saturated rings. The van der Waals surface area contributed by atoms with Crippen molar-refractivity contribution < 1.29 is 19.2 Å². The fourth-order valence-corrected chi connectivity index (χ4v) is 2.99. The highest BCUT2D eigenvalue weighted by atomic mass is 16.5. The number of likely N-dealkylation sites (tertiary alicyclic amines) is 1. The molecule has 1 aromatic rings. The van der Waals surface area contributed by atoms with E-state index in [1.807, 2.05) is 38.1 Å². The highest BCUT2D eigenvalue weighted by Crippen LogP contribution is 2.10. The number of piperidine rings is 1. The highest BCUT2D eigenvalue weighted by molar-refractivity contribution is 5.90. The molecule has 0 aliphatic carbocycles. The van der Waals surface area contributed by atoms with Crippen molar-refractivity contribution >= 4 is 17.6 Å². The first kappa shape index (κ1) is 17.5. The van der Waals surface area contributed by atoms with Gasteiger partial charge in [0.2, 0.25) is 5.91 Å². The van der Waals surface area contributed by atoms with Crippen LogP contribution in [0.2, 0.25) is 0 Å². The summed E-state index contributed by atoms with van der Waals surface area (Å²) in [6.45, 7) is 6.84. The van der Waals surface area contributed by atoms with E-state index in [0.29, 0.717) is 13.0 Å². The van der Waals surface area contributed by atoms with E-state index in [4.69, 9.17) is 4.74 Å². The van der Waals surface area contributed by atoms with E-state index in [-0.39, 0.29) is 17.8 Å². The summed E-state index contributed by atoms with van der Waals surface area (Å²) in [6.07, 6.45) is 2.38. The molecule has 1 unspecified atom stereocenters. The van der Waals surface area contributed by atoms with Gasteiger partial charge in [0.05, 0.1) is 32.7 Å². The van der Waals surface area contributed by atoms with Crippen LogP contribution in [0.25, 0.3) is 0 Å². The standard InChI is InChI=1S/C18H26N2O3/c1-3-23-18(22)15-5-4-11-20(13-15)12-10-17(21)19-16-8-6-14(2)7-9-16/h6-9,15H,3-5,10-13H2,1-2H3,(H,19,21)/p+1/t15-/m0/s1. The van der Waals surface area contributed by atoms with Crippen LogP contribution in [0.4, 0.5) is 5.69 Å². The molecule has 0 aromatic heterocycles. The molecule has 0 bridgehead atoms. The third-order valence-electron chi connectivity index (χ3n) is 4.28. The molecule has 0 saturated carbocycles. The summed E-state index contributed by atoms with van der Waals surface area (Å²) in [5, 5.41) is 2.92. The van der Waals surface area contributed by atoms with Crippen LogP contribution >= 0.6 is 0 Å². The number of hydrogen-bond acceptors (Lipinski definition) is 3. The van der Waals surface area contributed by atoms with Gasteiger partial charge in [-0.25, -0.2) is 0 Å². The summed E-state index contributed by atoms with van der Waals surface area (Å²) in [4.78, 5) is 25.2. The van der Waals surface area contributed by atoms with Gasteiger partial charge in [-0.05, 0) is 38.8 Å². The number of amides is 1. The lowest BCUT2D eigenvalue weighted by molar-refractivity contribution is -0.906. The third-order valence-corrected chi connectivity index (χ3v) is 4.28. The maximum atomic E-state index is 12.0. The summed E-state index contributed by atoms with van der Waals surface area (Å²) < 4.78 is 5.11. The summed E-state index contributed by atoms with van der Waals surface area (Å²) in [6, 6.07) is 7.79. The lowest BCUT2D eigenvalue weighted by Gasteiger charge is -2.28. The maximum absolute atomic E-state index is 12.0. The lowest BCUT2D eigenvalue weighted by atomic mass is 9.98. The Morgan fingerprint density at radius 1 is 1.30 bits per heavy atom. The normalized spacial score (nSPS) is 20.8. The van der Waals surface area contributed by atoms with Crippen molar-refractivity contribution in [2.45, 2.75) is 33.1 Å². The van der Waals surface area contributed by atoms with Crippen molar-refractivity contribution in [1.29, 1.82) is 0 Å². The van der Waals surface area contributed by atoms with Crippen LogP contribution in [-0.2, 0) is 14.3 Å². The first-order valence-electron chi connectivity index (χ1n) is 8.45. The van der Waals surface area contributed by atoms with E-state index in [0.717, 1.165) is 38.2 Å². The molecule has 2 rings (SSSR count). The van der Waals surface area contributed by atoms with Gasteiger partial charge in [-0.3, -0.25) is 9.59 Å². The number of nitrogens with one attached hydrogen (secondary N) is 2. The number of esters is 1. The number of quaternary nitrogens is 1. The molecular formula is C18H27N2O3+. The minimum absolute atomic E-state index is 0.0149. The fourth-order valence-electron chi connectivity index (χ4n) is 2.99. The third kappa shape index (κ3) is 5.67. The second-order valence-corrected chi connectivity index (χ2v) is 6.21. The second-order valence-electron chi connectivity index (χ2n) is 6.21. The molecule has 0 radical (unpaired) electrons. The van der Waals surface area contributed by atoms with Crippen LogP contribution < -0.4 is 10.2 Å². The van der Waals surface area contributed by atoms with E-state index in [1.165, 1.54) is 10.5 Å². The number of rotatable bonds is 6. The van der Waals surface area contributed by atoms with E-state index < -0.39 is 0 Å². The van der Waals surface area contributed by atoms with Crippen LogP contribution in [0.15, 0.2) is 24.3 Å². The molecule has 5 heteroatoms. The Hall–Kier alpha value is -1.88. The number of ether oxygens (including phenoxy) is 1. The number of aryl methyl sites for hydroxylation is 1. The van der Waals surface area contributed by atoms with Crippen LogP contribution in [0.3, 0.4) is 0 Å². The van der Waals surface area contributed by atoms with E-state index >= 15 is 0 Å². The largest absolute Gasteiger partial charge is 0.466 e. The number of carbonyl (C=O) groups excluding carboxylic acids is 2. The van der Waals surface area contributed by atoms with Gasteiger partial charge in [0.25, 0.3) is 0 Å². The van der Waals surface area contributed by atoms with Gasteiger partial charge in [0.15, 0.2) is 0 Å². The minimum atomic E-state index is -0.0891. The molecule has 1 aliphatic heterocycles. The Bertz CT molecular complexity index is 528. The monoisotopic (exact) mass is 319 g/mol. The van der Waals surface area contributed by atoms with Crippen LogP contribution in [0.1, 0.15) is 31.7 Å². The summed E-state index contributed by atoms with van der Waals surface area (Å²) in [5.41, 5.74) is 2.00. The Morgan fingerprint density at radius 2 is 2.04 bits per heavy atom. The predicted molar refractivity (Wildman–Crippen MR) is 89.3 cm³/mol. The SMILES string of the molecule is CCOC(=O)[C@H]1CCC[NH+](CCC(=O)Nc2ccc(C)cc2)C1. The van der Waals surface area contributed by atoms with Crippen molar-refractivity contribution in [2.75, 3.05) is 31.6 Å². The molecule has 126 valence electrons. The second kappa shape index (κ2) is 8.67. The molecule has 1 aromatic carbocycles. The van der Waals surface area contributed by atoms with Crippen molar-refractivity contribution in [1.82, 2.24) is 0 Å². The zero-order valence-electron chi connectivity index (χ0n) is 14.1. The Balaban J connectivity index is 1.75. The summed E-state index contributed by atoms with van der Waals surface area (Å²) >= 11 is 0. The maximum Gasteiger partial charge on any atom is 0.314 e. The molecule has 1 heterocycles. The zero-order chi connectivity index (χ0) is 16.7. The number of benzene rings is 1. The van der Waals surface area contributed by atoms with Crippen molar-refractivity contribution in [3.05, 3.63) is 29.8 Å². The fraction of sp³-hybridized carbons (Fsp3) is 0.556. The number of hydrogen-bond donors (Lipinski definition) is 2. The van der Waals surface area contributed by atoms with Gasteiger partial charge in [-0.15, -0.1) is 0 Å². The molecule has 1 aliphatic rings. The van der Waals surface area contributed by atoms with Crippen LogP contribution in [0, 0.1) is 12.8 Å². The summed E-state index contributed by atoms with van der Waals surface area (Å²) in [7, 11) is 0. The Labute approximate surface area is 138 Å². The number of carbonyl (C=O) groups is 2. The number of anilines is 1. The Kier molecular flexibility index (Phi) is 6.59. The molecular weight excluding hydrogens is 292 g/mol. The van der Waals surface area contributed by atoms with Crippen molar-refractivity contribution in [2.24, 2.45) is 5.92 Å². The van der Waals surface area contributed by atoms with E-state index in [9.17, 15) is 9.59 Å². The topological polar surface area (TPSA) is 59.8 Å². The van der Waals surface area contributed by atoms with E-state index in [2.05, 4.69) is 5.32 Å². The van der Waals surface area contributed by atoms with E-state index in [1.54, 1.807) is 0 Å². The Morgan fingerprint density at radius 3 is 2.74 bits per heavy atom. The molecule has 2 atom stereocenters. The van der Waals surface area contributed by atoms with Gasteiger partial charge >= 0.3 is 5.97 Å². The molecule has 5 nitrogen and oxygen atoms in total. The summed E-state index contributed by atoms with van der Waals surface area (Å²) in [5.74, 6) is -0.0766. The highest BCUT2D eigenvalue weighted by Gasteiger charge is 2.29. The molecule has 1 amide bonds. The lowest BCUT2D eigenvalue weighted by Crippen LogP contribution is -3.13. The van der Waals surface area contributed by atoms with Crippen LogP contribution in [-0.4, -0.2) is 38.1 Å². The predicted octanol–water partition coefficient (Wildman–Crippen LogP) is 1.18. The quantitative estimate of drug-likeness (QED) is 0.774. The molecule has 2 N–H and O–H groups in total. The van der Waals surface area contributed by atoms with Gasteiger partial charge in [-0.1, -0.05) is 17.7 Å². The van der Waals surface area contributed by atoms with Gasteiger partial charge < -0.3 is 15.0 Å². The van der Waals surface area contributed by atoms with Gasteiger partial charge in [0.1, 0.15) is 5.92 Å². The smallest absolute Gasteiger partial charge is 0.314 e. The minimum Gasteiger partial charge on any atom is -0.466 e. The first-order valence-corrected chi connectivity index (χ1v) is 8.45. The zero-order valence-corrected chi connectivity index (χ0v) is 14.1. The first-order chi connectivity index (χ1) is 11.1. The van der Waals surface area contributed by atoms with Crippen molar-refractivity contribution in [3.8, 4) is 0 Å². The molecule has 1 saturated heterocycles. The molecule has 0 spiro atoms.